The summed E-state index contributed by atoms with van der Waals surface area (Å²) in [5.74, 6) is 2.99. The maximum atomic E-state index is 5.28. The summed E-state index contributed by atoms with van der Waals surface area (Å²) in [6, 6.07) is 2.46. The average molecular weight is 263 g/mol. The van der Waals surface area contributed by atoms with Crippen molar-refractivity contribution in [2.75, 3.05) is 12.4 Å². The number of methoxy groups -OCH3 is 1. The van der Waals surface area contributed by atoms with Gasteiger partial charge in [0.1, 0.15) is 11.6 Å². The fourth-order valence-corrected chi connectivity index (χ4v) is 2.56. The summed E-state index contributed by atoms with van der Waals surface area (Å²) in [7, 11) is 1.66. The zero-order valence-corrected chi connectivity index (χ0v) is 12.3. The second-order valence-corrected chi connectivity index (χ2v) is 5.79. The molecule has 0 bridgehead atoms. The summed E-state index contributed by atoms with van der Waals surface area (Å²) in [5, 5.41) is 3.54. The Bertz CT molecular complexity index is 400. The Balaban J connectivity index is 2.09. The molecule has 1 aromatic rings. The van der Waals surface area contributed by atoms with Crippen molar-refractivity contribution in [3.05, 3.63) is 11.9 Å². The molecule has 0 aromatic carbocycles. The van der Waals surface area contributed by atoms with Gasteiger partial charge in [0.05, 0.1) is 7.11 Å². The Labute approximate surface area is 116 Å². The molecule has 0 aliphatic heterocycles. The van der Waals surface area contributed by atoms with Crippen LogP contribution in [0.4, 0.5) is 5.82 Å². The summed E-state index contributed by atoms with van der Waals surface area (Å²) in [4.78, 5) is 9.03. The van der Waals surface area contributed by atoms with E-state index < -0.39 is 0 Å². The van der Waals surface area contributed by atoms with Gasteiger partial charge in [0.15, 0.2) is 0 Å². The van der Waals surface area contributed by atoms with E-state index in [4.69, 9.17) is 4.74 Å². The number of nitrogens with zero attached hydrogens (tertiary/aromatic N) is 2. The van der Waals surface area contributed by atoms with Crippen LogP contribution in [-0.2, 0) is 6.42 Å². The van der Waals surface area contributed by atoms with E-state index in [1.165, 1.54) is 32.1 Å². The number of ether oxygens (including phenoxy) is 1. The zero-order valence-electron chi connectivity index (χ0n) is 12.3. The zero-order chi connectivity index (χ0) is 13.7. The molecule has 0 radical (unpaired) electrons. The molecule has 0 atom stereocenters. The van der Waals surface area contributed by atoms with Gasteiger partial charge in [-0.1, -0.05) is 33.1 Å². The molecule has 1 aliphatic carbocycles. The van der Waals surface area contributed by atoms with Gasteiger partial charge in [0.25, 0.3) is 0 Å². The van der Waals surface area contributed by atoms with Gasteiger partial charge in [-0.15, -0.1) is 0 Å². The predicted molar refractivity (Wildman–Crippen MR) is 77.6 cm³/mol. The normalized spacial score (nSPS) is 16.6. The topological polar surface area (TPSA) is 47.0 Å². The van der Waals surface area contributed by atoms with Gasteiger partial charge in [-0.25, -0.2) is 4.98 Å². The maximum absolute atomic E-state index is 5.28. The van der Waals surface area contributed by atoms with Crippen LogP contribution in [0.1, 0.15) is 51.8 Å². The van der Waals surface area contributed by atoms with Crippen molar-refractivity contribution >= 4 is 5.82 Å². The first kappa shape index (κ1) is 14.1. The van der Waals surface area contributed by atoms with Crippen LogP contribution in [0.15, 0.2) is 6.07 Å². The van der Waals surface area contributed by atoms with Crippen LogP contribution in [0.25, 0.3) is 0 Å². The number of hydrogen-bond acceptors (Lipinski definition) is 4. The molecule has 1 heterocycles. The monoisotopic (exact) mass is 263 g/mol. The Kier molecular flexibility index (Phi) is 5.00. The van der Waals surface area contributed by atoms with Gasteiger partial charge in [0.2, 0.25) is 5.88 Å². The summed E-state index contributed by atoms with van der Waals surface area (Å²) >= 11 is 0. The molecule has 0 saturated heterocycles. The minimum Gasteiger partial charge on any atom is -0.481 e. The molecule has 4 nitrogen and oxygen atoms in total. The maximum Gasteiger partial charge on any atom is 0.218 e. The first-order chi connectivity index (χ1) is 9.17. The highest BCUT2D eigenvalue weighted by molar-refractivity contribution is 5.39. The lowest BCUT2D eigenvalue weighted by Gasteiger charge is -2.23. The second-order valence-electron chi connectivity index (χ2n) is 5.79. The number of anilines is 1. The average Bonchev–Trinajstić information content (AvgIpc) is 2.38. The van der Waals surface area contributed by atoms with Crippen molar-refractivity contribution in [2.45, 2.75) is 58.4 Å². The lowest BCUT2D eigenvalue weighted by molar-refractivity contribution is 0.393. The first-order valence-electron chi connectivity index (χ1n) is 7.36. The van der Waals surface area contributed by atoms with Gasteiger partial charge >= 0.3 is 0 Å². The minimum absolute atomic E-state index is 0.551. The molecule has 1 aromatic heterocycles. The van der Waals surface area contributed by atoms with Crippen molar-refractivity contribution in [1.29, 1.82) is 0 Å². The van der Waals surface area contributed by atoms with E-state index in [-0.39, 0.29) is 0 Å². The third-order valence-electron chi connectivity index (χ3n) is 3.51. The van der Waals surface area contributed by atoms with Crippen molar-refractivity contribution in [3.8, 4) is 5.88 Å². The molecular formula is C15H25N3O. The third kappa shape index (κ3) is 4.37. The molecular weight excluding hydrogens is 238 g/mol. The van der Waals surface area contributed by atoms with Crippen LogP contribution < -0.4 is 10.1 Å². The van der Waals surface area contributed by atoms with Crippen molar-refractivity contribution in [3.63, 3.8) is 0 Å². The first-order valence-corrected chi connectivity index (χ1v) is 7.36. The summed E-state index contributed by atoms with van der Waals surface area (Å²) in [6.45, 7) is 4.36. The van der Waals surface area contributed by atoms with E-state index in [0.29, 0.717) is 17.8 Å². The lowest BCUT2D eigenvalue weighted by atomic mass is 9.95. The number of nitrogens with one attached hydrogen (secondary N) is 1. The highest BCUT2D eigenvalue weighted by Gasteiger charge is 2.15. The van der Waals surface area contributed by atoms with Crippen LogP contribution in [0.5, 0.6) is 5.88 Å². The predicted octanol–water partition coefficient (Wildman–Crippen LogP) is 3.43. The van der Waals surface area contributed by atoms with Crippen molar-refractivity contribution in [2.24, 2.45) is 5.92 Å². The number of aromatic nitrogens is 2. The van der Waals surface area contributed by atoms with Crippen LogP contribution in [-0.4, -0.2) is 23.1 Å². The summed E-state index contributed by atoms with van der Waals surface area (Å²) in [6.07, 6.45) is 7.37. The highest BCUT2D eigenvalue weighted by Crippen LogP contribution is 2.22. The fourth-order valence-electron chi connectivity index (χ4n) is 2.56. The van der Waals surface area contributed by atoms with Crippen LogP contribution >= 0.6 is 0 Å². The van der Waals surface area contributed by atoms with E-state index >= 15 is 0 Å². The van der Waals surface area contributed by atoms with E-state index in [2.05, 4.69) is 29.1 Å². The molecule has 2 rings (SSSR count). The number of hydrogen-bond donors (Lipinski definition) is 1. The largest absolute Gasteiger partial charge is 0.481 e. The van der Waals surface area contributed by atoms with Gasteiger partial charge < -0.3 is 10.1 Å². The quantitative estimate of drug-likeness (QED) is 0.884. The third-order valence-corrected chi connectivity index (χ3v) is 3.51. The SMILES string of the molecule is COc1cc(NC2CCCCC2)nc(CC(C)C)n1. The van der Waals surface area contributed by atoms with E-state index in [0.717, 1.165) is 18.1 Å². The second kappa shape index (κ2) is 6.73. The van der Waals surface area contributed by atoms with Gasteiger partial charge in [-0.3, -0.25) is 0 Å². The Morgan fingerprint density at radius 3 is 2.63 bits per heavy atom. The molecule has 19 heavy (non-hydrogen) atoms. The van der Waals surface area contributed by atoms with E-state index in [9.17, 15) is 0 Å². The van der Waals surface area contributed by atoms with Gasteiger partial charge in [0, 0.05) is 18.5 Å². The Morgan fingerprint density at radius 1 is 1.26 bits per heavy atom. The van der Waals surface area contributed by atoms with E-state index in [1.807, 2.05) is 6.07 Å². The Hall–Kier alpha value is -1.32. The molecule has 4 heteroatoms. The smallest absolute Gasteiger partial charge is 0.218 e. The molecule has 1 fully saturated rings. The standard InChI is InChI=1S/C15H25N3O/c1-11(2)9-13-17-14(10-15(18-13)19-3)16-12-7-5-4-6-8-12/h10-12H,4-9H2,1-3H3,(H,16,17,18). The minimum atomic E-state index is 0.551. The molecule has 106 valence electrons. The molecule has 1 N–H and O–H groups in total. The van der Waals surface area contributed by atoms with Crippen LogP contribution in [0.2, 0.25) is 0 Å². The molecule has 1 aliphatic rings. The lowest BCUT2D eigenvalue weighted by Crippen LogP contribution is -2.23. The van der Waals surface area contributed by atoms with Gasteiger partial charge in [-0.05, 0) is 18.8 Å². The van der Waals surface area contributed by atoms with Crippen LogP contribution in [0.3, 0.4) is 0 Å². The molecule has 0 spiro atoms. The molecule has 0 amide bonds. The van der Waals surface area contributed by atoms with Crippen molar-refractivity contribution in [1.82, 2.24) is 9.97 Å². The number of rotatable bonds is 5. The van der Waals surface area contributed by atoms with Gasteiger partial charge in [-0.2, -0.15) is 4.98 Å². The summed E-state index contributed by atoms with van der Waals surface area (Å²) in [5.41, 5.74) is 0. The fraction of sp³-hybridized carbons (Fsp3) is 0.733. The molecule has 0 unspecified atom stereocenters. The van der Waals surface area contributed by atoms with E-state index in [1.54, 1.807) is 7.11 Å². The molecule has 1 saturated carbocycles. The van der Waals surface area contributed by atoms with Crippen molar-refractivity contribution < 1.29 is 4.74 Å². The summed E-state index contributed by atoms with van der Waals surface area (Å²) < 4.78 is 5.28. The van der Waals surface area contributed by atoms with Crippen LogP contribution in [0, 0.1) is 5.92 Å². The highest BCUT2D eigenvalue weighted by atomic mass is 16.5. The Morgan fingerprint density at radius 2 is 2.00 bits per heavy atom.